The van der Waals surface area contributed by atoms with Crippen molar-refractivity contribution >= 4 is 21.8 Å². The van der Waals surface area contributed by atoms with Crippen molar-refractivity contribution in [2.45, 2.75) is 46.6 Å². The molecule has 0 unspecified atom stereocenters. The van der Waals surface area contributed by atoms with Gasteiger partial charge in [0.2, 0.25) is 0 Å². The third-order valence-electron chi connectivity index (χ3n) is 6.53. The molecule has 1 aliphatic rings. The van der Waals surface area contributed by atoms with E-state index in [-0.39, 0.29) is 11.9 Å². The maximum atomic E-state index is 13.9. The van der Waals surface area contributed by atoms with Crippen LogP contribution in [0, 0.1) is 0 Å². The Bertz CT molecular complexity index is 1260. The molecule has 0 bridgehead atoms. The Morgan fingerprint density at radius 3 is 2.11 bits per heavy atom. The van der Waals surface area contributed by atoms with Gasteiger partial charge in [0.05, 0.1) is 32.5 Å². The molecule has 0 aliphatic carbocycles. The number of hydrogen-bond acceptors (Lipinski definition) is 5. The standard InChI is InChI=1S/C31H36BrNO5/c1-5-35-27-13-12-21(17-28(27)36-6-2)16-26-25-20-30(38-8-4)29(37-7-3)19-22(25)14-15-33(26)31(34)23-10-9-11-24(32)18-23/h9-13,17-20,26H,5-8,14-16H2,1-4H3/t26-/m0/s1. The first-order valence-electron chi connectivity index (χ1n) is 13.4. The number of rotatable bonds is 11. The third-order valence-corrected chi connectivity index (χ3v) is 7.03. The molecule has 202 valence electrons. The molecule has 4 rings (SSSR count). The van der Waals surface area contributed by atoms with E-state index in [1.807, 2.05) is 69.0 Å². The van der Waals surface area contributed by atoms with Crippen LogP contribution in [0.5, 0.6) is 23.0 Å². The number of hydrogen-bond donors (Lipinski definition) is 0. The van der Waals surface area contributed by atoms with Crippen molar-refractivity contribution in [2.24, 2.45) is 0 Å². The van der Waals surface area contributed by atoms with E-state index in [9.17, 15) is 4.79 Å². The zero-order chi connectivity index (χ0) is 27.1. The van der Waals surface area contributed by atoms with Gasteiger partial charge >= 0.3 is 0 Å². The monoisotopic (exact) mass is 581 g/mol. The number of benzene rings is 3. The predicted octanol–water partition coefficient (Wildman–Crippen LogP) is 7.03. The molecule has 3 aromatic rings. The van der Waals surface area contributed by atoms with Gasteiger partial charge in [-0.05, 0) is 99.7 Å². The van der Waals surface area contributed by atoms with Crippen molar-refractivity contribution in [2.75, 3.05) is 33.0 Å². The summed E-state index contributed by atoms with van der Waals surface area (Å²) in [4.78, 5) is 15.8. The molecule has 0 aromatic heterocycles. The van der Waals surface area contributed by atoms with Crippen LogP contribution in [0.3, 0.4) is 0 Å². The predicted molar refractivity (Wildman–Crippen MR) is 153 cm³/mol. The van der Waals surface area contributed by atoms with Crippen molar-refractivity contribution in [3.8, 4) is 23.0 Å². The van der Waals surface area contributed by atoms with Crippen LogP contribution < -0.4 is 18.9 Å². The summed E-state index contributed by atoms with van der Waals surface area (Å²) in [5.74, 6) is 2.90. The maximum absolute atomic E-state index is 13.9. The van der Waals surface area contributed by atoms with Gasteiger partial charge < -0.3 is 23.8 Å². The maximum Gasteiger partial charge on any atom is 0.254 e. The molecule has 1 heterocycles. The van der Waals surface area contributed by atoms with Crippen molar-refractivity contribution in [3.05, 3.63) is 81.3 Å². The van der Waals surface area contributed by atoms with Gasteiger partial charge in [-0.3, -0.25) is 4.79 Å². The number of nitrogens with zero attached hydrogens (tertiary/aromatic N) is 1. The van der Waals surface area contributed by atoms with Crippen LogP contribution in [0.4, 0.5) is 0 Å². The number of amides is 1. The van der Waals surface area contributed by atoms with E-state index >= 15 is 0 Å². The lowest BCUT2D eigenvalue weighted by atomic mass is 9.87. The quantitative estimate of drug-likeness (QED) is 0.243. The Labute approximate surface area is 234 Å². The smallest absolute Gasteiger partial charge is 0.254 e. The first-order chi connectivity index (χ1) is 18.5. The third kappa shape index (κ3) is 6.26. The average molecular weight is 583 g/mol. The van der Waals surface area contributed by atoms with Crippen LogP contribution >= 0.6 is 15.9 Å². The minimum absolute atomic E-state index is 0.00441. The van der Waals surface area contributed by atoms with Crippen LogP contribution in [0.25, 0.3) is 0 Å². The van der Waals surface area contributed by atoms with Gasteiger partial charge in [-0.1, -0.05) is 28.1 Å². The summed E-state index contributed by atoms with van der Waals surface area (Å²) in [6.07, 6.45) is 1.37. The fraction of sp³-hybridized carbons (Fsp3) is 0.387. The molecular weight excluding hydrogens is 546 g/mol. The molecule has 1 atom stereocenters. The molecule has 38 heavy (non-hydrogen) atoms. The Morgan fingerprint density at radius 1 is 0.816 bits per heavy atom. The number of halogens is 1. The Hall–Kier alpha value is -3.19. The summed E-state index contributed by atoms with van der Waals surface area (Å²) in [7, 11) is 0. The second-order valence-corrected chi connectivity index (χ2v) is 9.91. The zero-order valence-electron chi connectivity index (χ0n) is 22.6. The highest BCUT2D eigenvalue weighted by Gasteiger charge is 2.33. The van der Waals surface area contributed by atoms with Crippen molar-refractivity contribution in [1.29, 1.82) is 0 Å². The van der Waals surface area contributed by atoms with E-state index in [4.69, 9.17) is 18.9 Å². The summed E-state index contributed by atoms with van der Waals surface area (Å²) >= 11 is 3.51. The van der Waals surface area contributed by atoms with Crippen LogP contribution in [0.1, 0.15) is 60.8 Å². The summed E-state index contributed by atoms with van der Waals surface area (Å²) in [5, 5.41) is 0. The number of fused-ring (bicyclic) bond motifs is 1. The summed E-state index contributed by atoms with van der Waals surface area (Å²) in [6.45, 7) is 10.7. The van der Waals surface area contributed by atoms with Crippen LogP contribution in [0.2, 0.25) is 0 Å². The lowest BCUT2D eigenvalue weighted by Gasteiger charge is -2.38. The number of carbonyl (C=O) groups excluding carboxylic acids is 1. The fourth-order valence-corrected chi connectivity index (χ4v) is 5.34. The van der Waals surface area contributed by atoms with Gasteiger partial charge in [-0.2, -0.15) is 0 Å². The highest BCUT2D eigenvalue weighted by atomic mass is 79.9. The van der Waals surface area contributed by atoms with Crippen molar-refractivity contribution < 1.29 is 23.7 Å². The summed E-state index contributed by atoms with van der Waals surface area (Å²) < 4.78 is 24.4. The SMILES string of the molecule is CCOc1ccc(C[C@H]2c3cc(OCC)c(OCC)cc3CCN2C(=O)c2cccc(Br)c2)cc1OCC. The summed E-state index contributed by atoms with van der Waals surface area (Å²) in [5.41, 5.74) is 3.98. The molecule has 1 aliphatic heterocycles. The molecule has 0 saturated heterocycles. The minimum atomic E-state index is -0.187. The Kier molecular flexibility index (Phi) is 9.56. The normalized spacial score (nSPS) is 14.6. The van der Waals surface area contributed by atoms with E-state index < -0.39 is 0 Å². The van der Waals surface area contributed by atoms with Crippen molar-refractivity contribution in [3.63, 3.8) is 0 Å². The van der Waals surface area contributed by atoms with Crippen LogP contribution in [0.15, 0.2) is 59.1 Å². The highest BCUT2D eigenvalue weighted by Crippen LogP contribution is 2.41. The van der Waals surface area contributed by atoms with Gasteiger partial charge in [0, 0.05) is 16.6 Å². The molecular formula is C31H36BrNO5. The van der Waals surface area contributed by atoms with E-state index in [0.717, 1.165) is 39.3 Å². The Morgan fingerprint density at radius 2 is 1.45 bits per heavy atom. The molecule has 0 fully saturated rings. The molecule has 0 saturated carbocycles. The molecule has 3 aromatic carbocycles. The molecule has 0 spiro atoms. The highest BCUT2D eigenvalue weighted by molar-refractivity contribution is 9.10. The molecule has 0 radical (unpaired) electrons. The van der Waals surface area contributed by atoms with Crippen LogP contribution in [-0.4, -0.2) is 43.8 Å². The summed E-state index contributed by atoms with van der Waals surface area (Å²) in [6, 6.07) is 17.6. The molecule has 7 heteroatoms. The second kappa shape index (κ2) is 13.1. The lowest BCUT2D eigenvalue weighted by Crippen LogP contribution is -2.41. The average Bonchev–Trinajstić information content (AvgIpc) is 2.91. The lowest BCUT2D eigenvalue weighted by molar-refractivity contribution is 0.0659. The molecule has 0 N–H and O–H groups in total. The number of ether oxygens (including phenoxy) is 4. The van der Waals surface area contributed by atoms with Gasteiger partial charge in [-0.15, -0.1) is 0 Å². The first kappa shape index (κ1) is 27.8. The van der Waals surface area contributed by atoms with Crippen LogP contribution in [-0.2, 0) is 12.8 Å². The van der Waals surface area contributed by atoms with Gasteiger partial charge in [0.15, 0.2) is 23.0 Å². The van der Waals surface area contributed by atoms with Gasteiger partial charge in [0.25, 0.3) is 5.91 Å². The topological polar surface area (TPSA) is 57.2 Å². The van der Waals surface area contributed by atoms with E-state index in [0.29, 0.717) is 50.7 Å². The van der Waals surface area contributed by atoms with E-state index in [1.165, 1.54) is 5.56 Å². The van der Waals surface area contributed by atoms with Crippen molar-refractivity contribution in [1.82, 2.24) is 4.90 Å². The van der Waals surface area contributed by atoms with E-state index in [1.54, 1.807) is 0 Å². The number of carbonyl (C=O) groups is 1. The van der Waals surface area contributed by atoms with Gasteiger partial charge in [0.1, 0.15) is 0 Å². The molecule has 1 amide bonds. The molecule has 6 nitrogen and oxygen atoms in total. The fourth-order valence-electron chi connectivity index (χ4n) is 4.94. The zero-order valence-corrected chi connectivity index (χ0v) is 24.2. The second-order valence-electron chi connectivity index (χ2n) is 8.99. The minimum Gasteiger partial charge on any atom is -0.490 e. The van der Waals surface area contributed by atoms with E-state index in [2.05, 4.69) is 34.1 Å². The Balaban J connectivity index is 1.78. The first-order valence-corrected chi connectivity index (χ1v) is 14.2. The van der Waals surface area contributed by atoms with Gasteiger partial charge in [-0.25, -0.2) is 0 Å². The largest absolute Gasteiger partial charge is 0.490 e.